The van der Waals surface area contributed by atoms with Gasteiger partial charge in [-0.2, -0.15) is 13.2 Å². The Hall–Kier alpha value is -2.48. The topological polar surface area (TPSA) is 55.6 Å². The maximum atomic E-state index is 13.9. The monoisotopic (exact) mass is 416 g/mol. The average Bonchev–Trinajstić information content (AvgIpc) is 3.09. The van der Waals surface area contributed by atoms with Gasteiger partial charge in [-0.3, -0.25) is 4.79 Å². The molecule has 0 spiro atoms. The highest BCUT2D eigenvalue weighted by Gasteiger charge is 2.31. The van der Waals surface area contributed by atoms with Gasteiger partial charge in [0.2, 0.25) is 0 Å². The van der Waals surface area contributed by atoms with Gasteiger partial charge in [0, 0.05) is 18.3 Å². The van der Waals surface area contributed by atoms with Crippen molar-refractivity contribution < 1.29 is 27.1 Å². The third kappa shape index (κ3) is 4.32. The predicted molar refractivity (Wildman–Crippen MR) is 97.2 cm³/mol. The van der Waals surface area contributed by atoms with Crippen LogP contribution in [0.25, 0.3) is 0 Å². The summed E-state index contributed by atoms with van der Waals surface area (Å²) in [5.74, 6) is -1.70. The molecule has 0 unspecified atom stereocenters. The lowest BCUT2D eigenvalue weighted by molar-refractivity contribution is -0.137. The molecule has 0 aromatic heterocycles. The summed E-state index contributed by atoms with van der Waals surface area (Å²) in [6, 6.07) is 6.94. The highest BCUT2D eigenvalue weighted by Crippen LogP contribution is 2.33. The van der Waals surface area contributed by atoms with E-state index in [2.05, 4.69) is 0 Å². The van der Waals surface area contributed by atoms with Crippen molar-refractivity contribution in [3.63, 3.8) is 0 Å². The number of rotatable bonds is 5. The molecule has 1 heterocycles. The number of halogens is 5. The molecule has 3 rings (SSSR count). The first-order valence-corrected chi connectivity index (χ1v) is 8.90. The van der Waals surface area contributed by atoms with Gasteiger partial charge < -0.3 is 15.4 Å². The van der Waals surface area contributed by atoms with E-state index >= 15 is 0 Å². The maximum absolute atomic E-state index is 13.9. The summed E-state index contributed by atoms with van der Waals surface area (Å²) in [5, 5.41) is 0.0503. The van der Waals surface area contributed by atoms with Crippen LogP contribution < -0.4 is 15.4 Å². The molecular formula is C19H17ClF4N2O2. The lowest BCUT2D eigenvalue weighted by atomic mass is 10.1. The number of primary amides is 1. The smallest absolute Gasteiger partial charge is 0.416 e. The summed E-state index contributed by atoms with van der Waals surface area (Å²) in [4.78, 5) is 13.1. The molecule has 0 saturated carbocycles. The number of carbonyl (C=O) groups excluding carboxylic acids is 1. The summed E-state index contributed by atoms with van der Waals surface area (Å²) >= 11 is 6.02. The van der Waals surface area contributed by atoms with Gasteiger partial charge in [-0.25, -0.2) is 4.39 Å². The quantitative estimate of drug-likeness (QED) is 0.722. The molecule has 1 atom stereocenters. The molecule has 150 valence electrons. The number of nitrogens with zero attached hydrogens (tertiary/aromatic N) is 1. The largest absolute Gasteiger partial charge is 0.490 e. The number of carbonyl (C=O) groups is 1. The van der Waals surface area contributed by atoms with Gasteiger partial charge in [-0.1, -0.05) is 11.6 Å². The highest BCUT2D eigenvalue weighted by molar-refractivity contribution is 6.32. The van der Waals surface area contributed by atoms with Crippen LogP contribution >= 0.6 is 11.6 Å². The molecule has 9 heteroatoms. The number of hydrogen-bond donors (Lipinski definition) is 1. The minimum Gasteiger partial charge on any atom is -0.490 e. The van der Waals surface area contributed by atoms with Crippen LogP contribution in [0.3, 0.4) is 0 Å². The van der Waals surface area contributed by atoms with Crippen LogP contribution in [-0.4, -0.2) is 25.1 Å². The fraction of sp³-hybridized carbons (Fsp3) is 0.316. The summed E-state index contributed by atoms with van der Waals surface area (Å²) in [5.41, 5.74) is 4.69. The minimum atomic E-state index is -4.38. The lowest BCUT2D eigenvalue weighted by Crippen LogP contribution is -2.34. The van der Waals surface area contributed by atoms with Crippen LogP contribution in [0, 0.1) is 5.82 Å². The minimum absolute atomic E-state index is 0.0503. The van der Waals surface area contributed by atoms with Crippen molar-refractivity contribution in [2.75, 3.05) is 18.1 Å². The molecule has 1 aliphatic rings. The third-order valence-corrected chi connectivity index (χ3v) is 4.92. The third-order valence-electron chi connectivity index (χ3n) is 4.62. The fourth-order valence-electron chi connectivity index (χ4n) is 3.20. The molecule has 2 aromatic carbocycles. The lowest BCUT2D eigenvalue weighted by Gasteiger charge is -2.27. The zero-order chi connectivity index (χ0) is 20.5. The van der Waals surface area contributed by atoms with E-state index in [1.807, 2.05) is 4.90 Å². The summed E-state index contributed by atoms with van der Waals surface area (Å²) in [6.45, 7) is 0.832. The number of anilines is 1. The number of hydrogen-bond acceptors (Lipinski definition) is 3. The summed E-state index contributed by atoms with van der Waals surface area (Å²) in [7, 11) is 0. The van der Waals surface area contributed by atoms with Crippen LogP contribution in [0.2, 0.25) is 5.02 Å². The first kappa shape index (κ1) is 20.3. The van der Waals surface area contributed by atoms with Gasteiger partial charge in [-0.15, -0.1) is 0 Å². The molecule has 1 amide bonds. The summed E-state index contributed by atoms with van der Waals surface area (Å²) in [6.07, 6.45) is -2.78. The number of nitrogens with two attached hydrogens (primary N) is 1. The normalized spacial score (nSPS) is 17.0. The number of amides is 1. The average molecular weight is 417 g/mol. The first-order valence-electron chi connectivity index (χ1n) is 8.52. The Kier molecular flexibility index (Phi) is 5.69. The van der Waals surface area contributed by atoms with Crippen LogP contribution in [0.4, 0.5) is 23.2 Å². The number of benzene rings is 2. The SMILES string of the molecule is NC(=O)c1cc(Cl)c(OC[C@H]2CCCN2c2ccc(C(F)(F)F)cc2)cc1F. The Balaban J connectivity index is 1.71. The molecule has 2 N–H and O–H groups in total. The molecule has 1 aliphatic heterocycles. The maximum Gasteiger partial charge on any atom is 0.416 e. The van der Waals surface area contributed by atoms with E-state index in [4.69, 9.17) is 22.1 Å². The van der Waals surface area contributed by atoms with Gasteiger partial charge >= 0.3 is 6.18 Å². The van der Waals surface area contributed by atoms with Gasteiger partial charge in [0.25, 0.3) is 5.91 Å². The number of alkyl halides is 3. The molecule has 0 aliphatic carbocycles. The second-order valence-electron chi connectivity index (χ2n) is 6.47. The Morgan fingerprint density at radius 1 is 1.25 bits per heavy atom. The fourth-order valence-corrected chi connectivity index (χ4v) is 3.42. The standard InChI is InChI=1S/C19H17ClF4N2O2/c20-15-8-14(18(25)27)16(21)9-17(15)28-10-13-2-1-7-26(13)12-5-3-11(4-6-12)19(22,23)24/h3-6,8-9,13H,1-2,7,10H2,(H2,25,27)/t13-/m1/s1. The molecule has 28 heavy (non-hydrogen) atoms. The Morgan fingerprint density at radius 3 is 2.54 bits per heavy atom. The van der Waals surface area contributed by atoms with E-state index in [1.165, 1.54) is 12.1 Å². The van der Waals surface area contributed by atoms with Crippen molar-refractivity contribution in [1.82, 2.24) is 0 Å². The predicted octanol–water partition coefficient (Wildman–Crippen LogP) is 4.64. The van der Waals surface area contributed by atoms with Crippen molar-refractivity contribution in [2.24, 2.45) is 5.73 Å². The zero-order valence-electron chi connectivity index (χ0n) is 14.6. The van der Waals surface area contributed by atoms with Crippen LogP contribution in [0.1, 0.15) is 28.8 Å². The van der Waals surface area contributed by atoms with E-state index in [0.717, 1.165) is 37.1 Å². The Labute approximate surface area is 163 Å². The van der Waals surface area contributed by atoms with E-state index in [1.54, 1.807) is 0 Å². The van der Waals surface area contributed by atoms with Crippen molar-refractivity contribution in [2.45, 2.75) is 25.1 Å². The molecule has 2 aromatic rings. The van der Waals surface area contributed by atoms with Crippen LogP contribution in [0.15, 0.2) is 36.4 Å². The second kappa shape index (κ2) is 7.87. The molecule has 0 bridgehead atoms. The van der Waals surface area contributed by atoms with Crippen LogP contribution in [-0.2, 0) is 6.18 Å². The van der Waals surface area contributed by atoms with Crippen molar-refractivity contribution in [3.8, 4) is 5.75 Å². The molecular weight excluding hydrogens is 400 g/mol. The molecule has 1 fully saturated rings. The molecule has 1 saturated heterocycles. The highest BCUT2D eigenvalue weighted by atomic mass is 35.5. The van der Waals surface area contributed by atoms with E-state index in [0.29, 0.717) is 12.2 Å². The van der Waals surface area contributed by atoms with Crippen molar-refractivity contribution in [3.05, 3.63) is 58.4 Å². The van der Waals surface area contributed by atoms with Gasteiger partial charge in [0.05, 0.1) is 22.2 Å². The van der Waals surface area contributed by atoms with Crippen molar-refractivity contribution >= 4 is 23.2 Å². The van der Waals surface area contributed by atoms with Crippen LogP contribution in [0.5, 0.6) is 5.75 Å². The van der Waals surface area contributed by atoms with Crippen molar-refractivity contribution in [1.29, 1.82) is 0 Å². The molecule has 4 nitrogen and oxygen atoms in total. The first-order chi connectivity index (χ1) is 13.2. The van der Waals surface area contributed by atoms with E-state index in [9.17, 15) is 22.4 Å². The van der Waals surface area contributed by atoms with E-state index < -0.39 is 23.5 Å². The summed E-state index contributed by atoms with van der Waals surface area (Å²) < 4.78 is 57.7. The second-order valence-corrected chi connectivity index (χ2v) is 6.88. The Bertz CT molecular complexity index is 871. The zero-order valence-corrected chi connectivity index (χ0v) is 15.4. The van der Waals surface area contributed by atoms with Gasteiger partial charge in [-0.05, 0) is 43.2 Å². The Morgan fingerprint density at radius 2 is 1.93 bits per heavy atom. The number of ether oxygens (including phenoxy) is 1. The van der Waals surface area contributed by atoms with Gasteiger partial charge in [0.1, 0.15) is 18.2 Å². The molecule has 0 radical (unpaired) electrons. The van der Waals surface area contributed by atoms with E-state index in [-0.39, 0.29) is 29.0 Å². The van der Waals surface area contributed by atoms with Gasteiger partial charge in [0.15, 0.2) is 0 Å².